The first kappa shape index (κ1) is 25.4. The molecule has 0 aliphatic carbocycles. The van der Waals surface area contributed by atoms with Gasteiger partial charge in [-0.15, -0.1) is 24.0 Å². The molecule has 8 heteroatoms. The highest BCUT2D eigenvalue weighted by molar-refractivity contribution is 14.0. The number of nitrogens with zero attached hydrogens (tertiary/aromatic N) is 1. The minimum absolute atomic E-state index is 0. The van der Waals surface area contributed by atoms with Crippen LogP contribution in [0.5, 0.6) is 0 Å². The summed E-state index contributed by atoms with van der Waals surface area (Å²) < 4.78 is 25.6. The summed E-state index contributed by atoms with van der Waals surface area (Å²) in [5.74, 6) is 0.906. The van der Waals surface area contributed by atoms with Crippen molar-refractivity contribution in [2.75, 3.05) is 31.9 Å². The Balaban J connectivity index is 0.00000420. The molecule has 0 aliphatic heterocycles. The zero-order valence-electron chi connectivity index (χ0n) is 17.0. The van der Waals surface area contributed by atoms with Crippen molar-refractivity contribution in [2.24, 2.45) is 4.99 Å². The Morgan fingerprint density at radius 2 is 1.45 bits per heavy atom. The first-order chi connectivity index (χ1) is 13.6. The van der Waals surface area contributed by atoms with Crippen molar-refractivity contribution in [3.05, 3.63) is 71.8 Å². The van der Waals surface area contributed by atoms with Crippen molar-refractivity contribution in [3.63, 3.8) is 0 Å². The third kappa shape index (κ3) is 9.14. The number of rotatable bonds is 10. The van der Waals surface area contributed by atoms with E-state index in [1.165, 1.54) is 11.1 Å². The summed E-state index contributed by atoms with van der Waals surface area (Å²) in [6, 6.07) is 20.7. The van der Waals surface area contributed by atoms with E-state index >= 15 is 0 Å². The Morgan fingerprint density at radius 1 is 0.897 bits per heavy atom. The van der Waals surface area contributed by atoms with Crippen LogP contribution in [0, 0.1) is 0 Å². The number of benzene rings is 2. The number of nitrogens with one attached hydrogen (secondary N) is 3. The van der Waals surface area contributed by atoms with E-state index in [9.17, 15) is 8.42 Å². The molecule has 160 valence electrons. The summed E-state index contributed by atoms with van der Waals surface area (Å²) in [4.78, 5) is 4.74. The van der Waals surface area contributed by atoms with Crippen molar-refractivity contribution in [1.82, 2.24) is 15.4 Å². The maximum absolute atomic E-state index is 11.5. The predicted molar refractivity (Wildman–Crippen MR) is 132 cm³/mol. The highest BCUT2D eigenvalue weighted by Crippen LogP contribution is 2.24. The monoisotopic (exact) mass is 530 g/mol. The van der Waals surface area contributed by atoms with E-state index < -0.39 is 10.0 Å². The van der Waals surface area contributed by atoms with Crippen LogP contribution in [0.2, 0.25) is 0 Å². The third-order valence-corrected chi connectivity index (χ3v) is 5.70. The van der Waals surface area contributed by atoms with E-state index in [0.717, 1.165) is 6.54 Å². The van der Waals surface area contributed by atoms with E-state index in [1.807, 2.05) is 43.3 Å². The van der Waals surface area contributed by atoms with Crippen molar-refractivity contribution in [2.45, 2.75) is 19.8 Å². The molecule has 0 atom stereocenters. The lowest BCUT2D eigenvalue weighted by molar-refractivity contribution is 0.581. The van der Waals surface area contributed by atoms with Gasteiger partial charge in [-0.1, -0.05) is 60.7 Å². The second kappa shape index (κ2) is 13.6. The van der Waals surface area contributed by atoms with Crippen molar-refractivity contribution in [1.29, 1.82) is 0 Å². The zero-order chi connectivity index (χ0) is 20.2. The van der Waals surface area contributed by atoms with Crippen molar-refractivity contribution < 1.29 is 8.42 Å². The molecule has 0 fully saturated rings. The first-order valence-electron chi connectivity index (χ1n) is 9.65. The molecule has 3 N–H and O–H groups in total. The van der Waals surface area contributed by atoms with Gasteiger partial charge in [-0.3, -0.25) is 4.99 Å². The molecule has 0 saturated carbocycles. The van der Waals surface area contributed by atoms with E-state index in [2.05, 4.69) is 39.6 Å². The quantitative estimate of drug-likeness (QED) is 0.191. The number of hydrogen-bond donors (Lipinski definition) is 3. The van der Waals surface area contributed by atoms with E-state index in [1.54, 1.807) is 6.92 Å². The second-order valence-electron chi connectivity index (χ2n) is 6.32. The number of aliphatic imine (C=N–C) groups is 1. The van der Waals surface area contributed by atoms with Crippen LogP contribution in [0.4, 0.5) is 0 Å². The average Bonchev–Trinajstić information content (AvgIpc) is 2.73. The molecule has 29 heavy (non-hydrogen) atoms. The lowest BCUT2D eigenvalue weighted by atomic mass is 9.91. The van der Waals surface area contributed by atoms with Crippen LogP contribution in [-0.4, -0.2) is 46.3 Å². The second-order valence-corrected chi connectivity index (χ2v) is 8.41. The fourth-order valence-corrected chi connectivity index (χ4v) is 3.40. The zero-order valence-corrected chi connectivity index (χ0v) is 20.1. The smallest absolute Gasteiger partial charge is 0.211 e. The Bertz CT molecular complexity index is 791. The Morgan fingerprint density at radius 3 is 1.93 bits per heavy atom. The largest absolute Gasteiger partial charge is 0.357 e. The maximum atomic E-state index is 11.5. The van der Waals surface area contributed by atoms with Gasteiger partial charge in [0.2, 0.25) is 10.0 Å². The Hall–Kier alpha value is -1.65. The van der Waals surface area contributed by atoms with Crippen LogP contribution in [0.25, 0.3) is 0 Å². The molecule has 0 bridgehead atoms. The van der Waals surface area contributed by atoms with Gasteiger partial charge in [0.05, 0.1) is 12.3 Å². The Kier molecular flexibility index (Phi) is 11.9. The van der Waals surface area contributed by atoms with Gasteiger partial charge in [0.15, 0.2) is 5.96 Å². The fraction of sp³-hybridized carbons (Fsp3) is 0.381. The Labute approximate surface area is 191 Å². The minimum Gasteiger partial charge on any atom is -0.357 e. The van der Waals surface area contributed by atoms with Gasteiger partial charge in [-0.2, -0.15) is 0 Å². The third-order valence-electron chi connectivity index (χ3n) is 4.30. The molecule has 0 amide bonds. The summed E-state index contributed by atoms with van der Waals surface area (Å²) >= 11 is 0. The topological polar surface area (TPSA) is 82.6 Å². The molecule has 0 aromatic heterocycles. The summed E-state index contributed by atoms with van der Waals surface area (Å²) in [5.41, 5.74) is 2.42. The standard InChI is InChI=1S/C21H30N4O2S.HI/c1-3-22-21(23-15-16-25-28(26,27)4-2)24-17-20(18-11-7-5-8-12-18)19-13-9-6-10-14-19;/h5-14,20,25H,3-4,15-17H2,1-2H3,(H2,22,23,24);1H. The molecular weight excluding hydrogens is 499 g/mol. The maximum Gasteiger partial charge on any atom is 0.211 e. The van der Waals surface area contributed by atoms with Gasteiger partial charge in [0, 0.05) is 25.6 Å². The van der Waals surface area contributed by atoms with Gasteiger partial charge in [0.25, 0.3) is 0 Å². The molecule has 0 aliphatic rings. The molecule has 0 unspecified atom stereocenters. The van der Waals surface area contributed by atoms with Crippen LogP contribution in [-0.2, 0) is 10.0 Å². The molecule has 6 nitrogen and oxygen atoms in total. The molecule has 0 heterocycles. The van der Waals surface area contributed by atoms with Crippen molar-refractivity contribution >= 4 is 40.0 Å². The molecule has 2 aromatic carbocycles. The van der Waals surface area contributed by atoms with Crippen LogP contribution in [0.3, 0.4) is 0 Å². The molecule has 2 rings (SSSR count). The lowest BCUT2D eigenvalue weighted by Gasteiger charge is -2.18. The summed E-state index contributed by atoms with van der Waals surface area (Å²) in [6.45, 7) is 5.73. The highest BCUT2D eigenvalue weighted by Gasteiger charge is 2.14. The number of sulfonamides is 1. The van der Waals surface area contributed by atoms with E-state index in [0.29, 0.717) is 25.6 Å². The molecule has 2 aromatic rings. The highest BCUT2D eigenvalue weighted by atomic mass is 127. The summed E-state index contributed by atoms with van der Waals surface area (Å²) in [6.07, 6.45) is 0. The van der Waals surface area contributed by atoms with E-state index in [4.69, 9.17) is 4.99 Å². The normalized spacial score (nSPS) is 11.8. The van der Waals surface area contributed by atoms with Gasteiger partial charge in [-0.05, 0) is 25.0 Å². The number of halogens is 1. The van der Waals surface area contributed by atoms with Gasteiger partial charge in [0.1, 0.15) is 0 Å². The van der Waals surface area contributed by atoms with Crippen LogP contribution < -0.4 is 15.4 Å². The average molecular weight is 530 g/mol. The van der Waals surface area contributed by atoms with Crippen molar-refractivity contribution in [3.8, 4) is 0 Å². The summed E-state index contributed by atoms with van der Waals surface area (Å²) in [5, 5.41) is 6.40. The lowest BCUT2D eigenvalue weighted by Crippen LogP contribution is -2.42. The van der Waals surface area contributed by atoms with E-state index in [-0.39, 0.29) is 35.6 Å². The molecular formula is C21H31IN4O2S. The predicted octanol–water partition coefficient (Wildman–Crippen LogP) is 2.93. The van der Waals surface area contributed by atoms with Gasteiger partial charge >= 0.3 is 0 Å². The van der Waals surface area contributed by atoms with Gasteiger partial charge in [-0.25, -0.2) is 13.1 Å². The fourth-order valence-electron chi connectivity index (χ4n) is 2.79. The molecule has 0 radical (unpaired) electrons. The summed E-state index contributed by atoms with van der Waals surface area (Å²) in [7, 11) is -3.18. The first-order valence-corrected chi connectivity index (χ1v) is 11.3. The number of hydrogen-bond acceptors (Lipinski definition) is 3. The minimum atomic E-state index is -3.18. The molecule has 0 saturated heterocycles. The van der Waals surface area contributed by atoms with Crippen LogP contribution in [0.15, 0.2) is 65.7 Å². The SMILES string of the molecule is CCNC(=NCC(c1ccccc1)c1ccccc1)NCCNS(=O)(=O)CC.I. The van der Waals surface area contributed by atoms with Crippen LogP contribution in [0.1, 0.15) is 30.9 Å². The number of guanidine groups is 1. The van der Waals surface area contributed by atoms with Gasteiger partial charge < -0.3 is 10.6 Å². The van der Waals surface area contributed by atoms with Crippen LogP contribution >= 0.6 is 24.0 Å². The molecule has 0 spiro atoms.